The number of pyridine rings is 1. The maximum atomic E-state index is 11.9. The van der Waals surface area contributed by atoms with Gasteiger partial charge in [0.05, 0.1) is 12.2 Å². The second-order valence-electron chi connectivity index (χ2n) is 4.24. The van der Waals surface area contributed by atoms with E-state index < -0.39 is 10.0 Å². The summed E-state index contributed by atoms with van der Waals surface area (Å²) < 4.78 is 24.9. The number of hydrogen-bond donors (Lipinski definition) is 1. The van der Waals surface area contributed by atoms with Gasteiger partial charge in [-0.05, 0) is 24.3 Å². The van der Waals surface area contributed by atoms with Gasteiger partial charge < -0.3 is 5.32 Å². The molecule has 0 atom stereocenters. The van der Waals surface area contributed by atoms with Crippen LogP contribution in [0.25, 0.3) is 0 Å². The molecule has 7 nitrogen and oxygen atoms in total. The van der Waals surface area contributed by atoms with Crippen LogP contribution in [0.1, 0.15) is 5.69 Å². The lowest BCUT2D eigenvalue weighted by atomic mass is 10.4. The van der Waals surface area contributed by atoms with E-state index in [0.717, 1.165) is 10.00 Å². The van der Waals surface area contributed by atoms with Crippen LogP contribution in [0, 0.1) is 0 Å². The highest BCUT2D eigenvalue weighted by Gasteiger charge is 2.17. The first-order valence-electron chi connectivity index (χ1n) is 5.89. The predicted molar refractivity (Wildman–Crippen MR) is 74.5 cm³/mol. The number of sulfonamides is 1. The molecule has 0 amide bonds. The molecule has 0 aromatic carbocycles. The Hall–Kier alpha value is -2.06. The third-order valence-corrected chi connectivity index (χ3v) is 4.39. The Balaban J connectivity index is 2.06. The highest BCUT2D eigenvalue weighted by molar-refractivity contribution is 7.89. The Kier molecular flexibility index (Phi) is 4.26. The molecule has 0 radical (unpaired) electrons. The van der Waals surface area contributed by atoms with Gasteiger partial charge in [0.25, 0.3) is 0 Å². The summed E-state index contributed by atoms with van der Waals surface area (Å²) in [7, 11) is -0.477. The summed E-state index contributed by atoms with van der Waals surface area (Å²) in [6.45, 7) is 0.473. The smallest absolute Gasteiger partial charge is 0.244 e. The summed E-state index contributed by atoms with van der Waals surface area (Å²) in [4.78, 5) is 4.24. The molecule has 0 saturated carbocycles. The van der Waals surface area contributed by atoms with Crippen LogP contribution in [0.4, 0.5) is 5.82 Å². The highest BCUT2D eigenvalue weighted by Crippen LogP contribution is 2.14. The van der Waals surface area contributed by atoms with E-state index in [1.165, 1.54) is 26.4 Å². The molecule has 8 heteroatoms. The standard InChI is InChI=1S/C12H15N5O2S/c1-17(2)20(18,19)11-5-6-12(14-9-11)13-8-10-4-3-7-15-16-10/h3-7,9H,8H2,1-2H3,(H,13,14). The van der Waals surface area contributed by atoms with E-state index in [2.05, 4.69) is 20.5 Å². The van der Waals surface area contributed by atoms with Gasteiger partial charge in [-0.15, -0.1) is 0 Å². The second-order valence-corrected chi connectivity index (χ2v) is 6.39. The first-order chi connectivity index (χ1) is 9.50. The number of nitrogens with zero attached hydrogens (tertiary/aromatic N) is 4. The largest absolute Gasteiger partial charge is 0.364 e. The Bertz CT molecular complexity index is 656. The molecule has 0 bridgehead atoms. The maximum Gasteiger partial charge on any atom is 0.244 e. The zero-order chi connectivity index (χ0) is 14.6. The zero-order valence-electron chi connectivity index (χ0n) is 11.2. The molecule has 1 N–H and O–H groups in total. The van der Waals surface area contributed by atoms with Gasteiger partial charge in [-0.3, -0.25) is 0 Å². The van der Waals surface area contributed by atoms with Crippen molar-refractivity contribution in [2.75, 3.05) is 19.4 Å². The average molecular weight is 293 g/mol. The van der Waals surface area contributed by atoms with Crippen LogP contribution in [-0.2, 0) is 16.6 Å². The second kappa shape index (κ2) is 5.93. The molecular formula is C12H15N5O2S. The molecule has 0 aliphatic carbocycles. The monoisotopic (exact) mass is 293 g/mol. The van der Waals surface area contributed by atoms with Gasteiger partial charge in [-0.1, -0.05) is 0 Å². The first kappa shape index (κ1) is 14.4. The number of anilines is 1. The quantitative estimate of drug-likeness (QED) is 0.874. The summed E-state index contributed by atoms with van der Waals surface area (Å²) in [5.41, 5.74) is 0.777. The van der Waals surface area contributed by atoms with Crippen molar-refractivity contribution in [1.29, 1.82) is 0 Å². The van der Waals surface area contributed by atoms with E-state index in [1.54, 1.807) is 18.3 Å². The van der Waals surface area contributed by atoms with Gasteiger partial charge in [0, 0.05) is 26.5 Å². The van der Waals surface area contributed by atoms with Crippen molar-refractivity contribution < 1.29 is 8.42 Å². The van der Waals surface area contributed by atoms with Gasteiger partial charge in [0.1, 0.15) is 10.7 Å². The average Bonchev–Trinajstić information content (AvgIpc) is 2.46. The molecule has 0 unspecified atom stereocenters. The van der Waals surface area contributed by atoms with Gasteiger partial charge in [-0.2, -0.15) is 10.2 Å². The third-order valence-electron chi connectivity index (χ3n) is 2.59. The highest BCUT2D eigenvalue weighted by atomic mass is 32.2. The van der Waals surface area contributed by atoms with E-state index in [9.17, 15) is 8.42 Å². The van der Waals surface area contributed by atoms with Crippen molar-refractivity contribution in [3.63, 3.8) is 0 Å². The predicted octanol–water partition coefficient (Wildman–Crippen LogP) is 0.734. The Morgan fingerprint density at radius 1 is 1.25 bits per heavy atom. The SMILES string of the molecule is CN(C)S(=O)(=O)c1ccc(NCc2cccnn2)nc1. The van der Waals surface area contributed by atoms with Gasteiger partial charge in [-0.25, -0.2) is 17.7 Å². The minimum Gasteiger partial charge on any atom is -0.364 e. The van der Waals surface area contributed by atoms with E-state index in [0.29, 0.717) is 12.4 Å². The summed E-state index contributed by atoms with van der Waals surface area (Å²) in [5, 5.41) is 10.7. The molecule has 0 aliphatic rings. The topological polar surface area (TPSA) is 88.1 Å². The van der Waals surface area contributed by atoms with Crippen molar-refractivity contribution in [2.24, 2.45) is 0 Å². The summed E-state index contributed by atoms with van der Waals surface area (Å²) in [6, 6.07) is 6.77. The molecule has 2 aromatic rings. The summed E-state index contributed by atoms with van der Waals surface area (Å²) >= 11 is 0. The maximum absolute atomic E-state index is 11.9. The molecule has 0 fully saturated rings. The lowest BCUT2D eigenvalue weighted by Crippen LogP contribution is -2.22. The normalized spacial score (nSPS) is 11.6. The minimum absolute atomic E-state index is 0.160. The number of aromatic nitrogens is 3. The number of rotatable bonds is 5. The fourth-order valence-electron chi connectivity index (χ4n) is 1.46. The lowest BCUT2D eigenvalue weighted by molar-refractivity contribution is 0.520. The number of nitrogens with one attached hydrogen (secondary N) is 1. The molecule has 2 aromatic heterocycles. The minimum atomic E-state index is -3.44. The Labute approximate surface area is 117 Å². The van der Waals surface area contributed by atoms with Crippen LogP contribution in [0.5, 0.6) is 0 Å². The molecule has 2 rings (SSSR count). The Morgan fingerprint density at radius 3 is 2.60 bits per heavy atom. The Morgan fingerprint density at radius 2 is 2.05 bits per heavy atom. The van der Waals surface area contributed by atoms with E-state index in [4.69, 9.17) is 0 Å². The van der Waals surface area contributed by atoms with Gasteiger partial charge in [0.15, 0.2) is 0 Å². The van der Waals surface area contributed by atoms with Crippen LogP contribution >= 0.6 is 0 Å². The van der Waals surface area contributed by atoms with Crippen LogP contribution in [-0.4, -0.2) is 42.0 Å². The molecule has 0 saturated heterocycles. The molecular weight excluding hydrogens is 278 g/mol. The fraction of sp³-hybridized carbons (Fsp3) is 0.250. The van der Waals surface area contributed by atoms with Crippen LogP contribution < -0.4 is 5.32 Å². The van der Waals surface area contributed by atoms with E-state index in [1.807, 2.05) is 6.07 Å². The van der Waals surface area contributed by atoms with Crippen molar-refractivity contribution in [1.82, 2.24) is 19.5 Å². The third kappa shape index (κ3) is 3.28. The van der Waals surface area contributed by atoms with Crippen molar-refractivity contribution in [2.45, 2.75) is 11.4 Å². The number of hydrogen-bond acceptors (Lipinski definition) is 6. The van der Waals surface area contributed by atoms with Gasteiger partial charge in [0.2, 0.25) is 10.0 Å². The van der Waals surface area contributed by atoms with Gasteiger partial charge >= 0.3 is 0 Å². The van der Waals surface area contributed by atoms with E-state index in [-0.39, 0.29) is 4.90 Å². The van der Waals surface area contributed by atoms with Crippen molar-refractivity contribution in [3.8, 4) is 0 Å². The first-order valence-corrected chi connectivity index (χ1v) is 7.33. The lowest BCUT2D eigenvalue weighted by Gasteiger charge is -2.11. The van der Waals surface area contributed by atoms with Crippen LogP contribution in [0.3, 0.4) is 0 Å². The molecule has 2 heterocycles. The van der Waals surface area contributed by atoms with E-state index >= 15 is 0 Å². The van der Waals surface area contributed by atoms with Crippen LogP contribution in [0.15, 0.2) is 41.6 Å². The fourth-order valence-corrected chi connectivity index (χ4v) is 2.30. The molecule has 106 valence electrons. The summed E-state index contributed by atoms with van der Waals surface area (Å²) in [5.74, 6) is 0.577. The van der Waals surface area contributed by atoms with Crippen LogP contribution in [0.2, 0.25) is 0 Å². The molecule has 0 aliphatic heterocycles. The zero-order valence-corrected chi connectivity index (χ0v) is 12.0. The molecule has 0 spiro atoms. The summed E-state index contributed by atoms with van der Waals surface area (Å²) in [6.07, 6.45) is 2.93. The van der Waals surface area contributed by atoms with Crippen molar-refractivity contribution in [3.05, 3.63) is 42.4 Å². The molecule has 20 heavy (non-hydrogen) atoms. The van der Waals surface area contributed by atoms with Crippen molar-refractivity contribution >= 4 is 15.8 Å².